The summed E-state index contributed by atoms with van der Waals surface area (Å²) in [4.78, 5) is 25.4. The first-order valence-electron chi connectivity index (χ1n) is 11.4. The predicted molar refractivity (Wildman–Crippen MR) is 130 cm³/mol. The molecule has 7 nitrogen and oxygen atoms in total. The molecule has 0 bridgehead atoms. The second-order valence-electron chi connectivity index (χ2n) is 8.54. The monoisotopic (exact) mass is 484 g/mol. The highest BCUT2D eigenvalue weighted by Crippen LogP contribution is 2.32. The van der Waals surface area contributed by atoms with Gasteiger partial charge in [0.2, 0.25) is 5.91 Å². The molecular formula is C26H29ClN2O5. The number of carbonyl (C=O) groups excluding carboxylic acids is 2. The van der Waals surface area contributed by atoms with Gasteiger partial charge in [0.25, 0.3) is 5.91 Å². The summed E-state index contributed by atoms with van der Waals surface area (Å²) in [6.45, 7) is 0.522. The lowest BCUT2D eigenvalue weighted by molar-refractivity contribution is -0.134. The maximum atomic E-state index is 12.8. The van der Waals surface area contributed by atoms with Crippen LogP contribution in [0.4, 0.5) is 0 Å². The normalized spacial score (nSPS) is 22.9. The van der Waals surface area contributed by atoms with E-state index in [-0.39, 0.29) is 35.6 Å². The molecule has 34 heavy (non-hydrogen) atoms. The molecule has 0 radical (unpaired) electrons. The number of rotatable bonds is 7. The van der Waals surface area contributed by atoms with E-state index in [9.17, 15) is 9.59 Å². The number of nitrogens with one attached hydrogen (secondary N) is 2. The Kier molecular flexibility index (Phi) is 7.63. The zero-order valence-electron chi connectivity index (χ0n) is 19.3. The van der Waals surface area contributed by atoms with E-state index in [1.807, 2.05) is 30.3 Å². The number of ether oxygens (including phenoxy) is 3. The minimum atomic E-state index is -0.268. The Balaban J connectivity index is 1.29. The zero-order valence-corrected chi connectivity index (χ0v) is 20.1. The fourth-order valence-electron chi connectivity index (χ4n) is 4.49. The summed E-state index contributed by atoms with van der Waals surface area (Å²) in [5.74, 6) is 1.20. The fourth-order valence-corrected chi connectivity index (χ4v) is 4.69. The molecule has 0 spiro atoms. The van der Waals surface area contributed by atoms with Gasteiger partial charge in [0.05, 0.1) is 20.3 Å². The van der Waals surface area contributed by atoms with E-state index >= 15 is 0 Å². The fraction of sp³-hybridized carbons (Fsp3) is 0.385. The van der Waals surface area contributed by atoms with Crippen LogP contribution in [0.3, 0.4) is 0 Å². The Labute approximate surface area is 204 Å². The third-order valence-electron chi connectivity index (χ3n) is 6.28. The van der Waals surface area contributed by atoms with E-state index < -0.39 is 0 Å². The van der Waals surface area contributed by atoms with Gasteiger partial charge in [-0.05, 0) is 67.2 Å². The van der Waals surface area contributed by atoms with E-state index in [1.54, 1.807) is 32.4 Å². The summed E-state index contributed by atoms with van der Waals surface area (Å²) >= 11 is 6.03. The average molecular weight is 485 g/mol. The quantitative estimate of drug-likeness (QED) is 0.585. The SMILES string of the molecule is COc1ccc(CCNC(=O)C2CCC3O/C(=C/c4cccc(Cl)c4)C(=O)NC3C2)cc1OC. The van der Waals surface area contributed by atoms with Crippen LogP contribution in [0.15, 0.2) is 48.2 Å². The van der Waals surface area contributed by atoms with E-state index in [2.05, 4.69) is 10.6 Å². The first-order valence-corrected chi connectivity index (χ1v) is 11.8. The highest BCUT2D eigenvalue weighted by Gasteiger charge is 2.40. The molecule has 4 rings (SSSR count). The Hall–Kier alpha value is -3.19. The van der Waals surface area contributed by atoms with Crippen LogP contribution >= 0.6 is 11.6 Å². The maximum absolute atomic E-state index is 12.8. The molecule has 1 saturated heterocycles. The van der Waals surface area contributed by atoms with Crippen molar-refractivity contribution >= 4 is 29.5 Å². The van der Waals surface area contributed by atoms with Crippen LogP contribution in [0, 0.1) is 5.92 Å². The largest absolute Gasteiger partial charge is 0.493 e. The number of hydrogen-bond donors (Lipinski definition) is 2. The molecule has 2 amide bonds. The number of benzene rings is 2. The molecule has 2 aliphatic rings. The lowest BCUT2D eigenvalue weighted by atomic mass is 9.82. The molecular weight excluding hydrogens is 456 g/mol. The van der Waals surface area contributed by atoms with Gasteiger partial charge in [-0.15, -0.1) is 0 Å². The molecule has 2 fully saturated rings. The second-order valence-corrected chi connectivity index (χ2v) is 8.98. The summed E-state index contributed by atoms with van der Waals surface area (Å²) in [5, 5.41) is 6.65. The molecule has 0 aromatic heterocycles. The second kappa shape index (κ2) is 10.8. The van der Waals surface area contributed by atoms with Crippen molar-refractivity contribution in [2.75, 3.05) is 20.8 Å². The van der Waals surface area contributed by atoms with Crippen molar-refractivity contribution in [1.82, 2.24) is 10.6 Å². The Morgan fingerprint density at radius 2 is 2.00 bits per heavy atom. The molecule has 3 unspecified atom stereocenters. The van der Waals surface area contributed by atoms with Gasteiger partial charge in [0.15, 0.2) is 17.3 Å². The van der Waals surface area contributed by atoms with Crippen LogP contribution in [0.5, 0.6) is 11.5 Å². The van der Waals surface area contributed by atoms with Crippen molar-refractivity contribution < 1.29 is 23.8 Å². The van der Waals surface area contributed by atoms with Gasteiger partial charge in [0, 0.05) is 17.5 Å². The first kappa shape index (κ1) is 24.0. The van der Waals surface area contributed by atoms with Crippen molar-refractivity contribution in [1.29, 1.82) is 0 Å². The number of fused-ring (bicyclic) bond motifs is 1. The molecule has 1 heterocycles. The molecule has 180 valence electrons. The average Bonchev–Trinajstić information content (AvgIpc) is 2.84. The van der Waals surface area contributed by atoms with E-state index in [0.717, 1.165) is 11.1 Å². The molecule has 3 atom stereocenters. The number of halogens is 1. The number of methoxy groups -OCH3 is 2. The van der Waals surface area contributed by atoms with E-state index in [4.69, 9.17) is 25.8 Å². The van der Waals surface area contributed by atoms with Gasteiger partial charge in [-0.25, -0.2) is 0 Å². The summed E-state index contributed by atoms with van der Waals surface area (Å²) in [6.07, 6.45) is 4.21. The predicted octanol–water partition coefficient (Wildman–Crippen LogP) is 3.74. The van der Waals surface area contributed by atoms with Crippen LogP contribution in [-0.2, 0) is 20.7 Å². The van der Waals surface area contributed by atoms with Crippen molar-refractivity contribution in [2.45, 2.75) is 37.8 Å². The molecule has 2 aromatic rings. The smallest absolute Gasteiger partial charge is 0.286 e. The summed E-state index contributed by atoms with van der Waals surface area (Å²) < 4.78 is 16.6. The van der Waals surface area contributed by atoms with Crippen molar-refractivity contribution in [3.8, 4) is 11.5 Å². The van der Waals surface area contributed by atoms with Gasteiger partial charge < -0.3 is 24.8 Å². The topological polar surface area (TPSA) is 85.9 Å². The Morgan fingerprint density at radius 1 is 1.18 bits per heavy atom. The molecule has 2 aromatic carbocycles. The maximum Gasteiger partial charge on any atom is 0.286 e. The number of morpholine rings is 1. The van der Waals surface area contributed by atoms with Gasteiger partial charge in [-0.2, -0.15) is 0 Å². The lowest BCUT2D eigenvalue weighted by Gasteiger charge is -2.39. The van der Waals surface area contributed by atoms with Crippen molar-refractivity contribution in [3.05, 3.63) is 64.4 Å². The van der Waals surface area contributed by atoms with Crippen molar-refractivity contribution in [2.24, 2.45) is 5.92 Å². The lowest BCUT2D eigenvalue weighted by Crippen LogP contribution is -2.54. The van der Waals surface area contributed by atoms with Gasteiger partial charge in [-0.1, -0.05) is 29.8 Å². The minimum Gasteiger partial charge on any atom is -0.493 e. The highest BCUT2D eigenvalue weighted by atomic mass is 35.5. The van der Waals surface area contributed by atoms with Crippen LogP contribution in [0.2, 0.25) is 5.02 Å². The summed E-state index contributed by atoms with van der Waals surface area (Å²) in [6, 6.07) is 12.8. The molecule has 1 aliphatic heterocycles. The highest BCUT2D eigenvalue weighted by molar-refractivity contribution is 6.30. The third-order valence-corrected chi connectivity index (χ3v) is 6.52. The van der Waals surface area contributed by atoms with Crippen molar-refractivity contribution in [3.63, 3.8) is 0 Å². The van der Waals surface area contributed by atoms with Crippen LogP contribution in [0.1, 0.15) is 30.4 Å². The summed E-state index contributed by atoms with van der Waals surface area (Å²) in [7, 11) is 3.20. The molecule has 1 aliphatic carbocycles. The Bertz CT molecular complexity index is 1090. The summed E-state index contributed by atoms with van der Waals surface area (Å²) in [5.41, 5.74) is 1.85. The molecule has 8 heteroatoms. The van der Waals surface area contributed by atoms with Crippen LogP contribution in [0.25, 0.3) is 6.08 Å². The van der Waals surface area contributed by atoms with E-state index in [1.165, 1.54) is 0 Å². The van der Waals surface area contributed by atoms with Crippen LogP contribution < -0.4 is 20.1 Å². The van der Waals surface area contributed by atoms with Gasteiger partial charge in [0.1, 0.15) is 6.10 Å². The Morgan fingerprint density at radius 3 is 2.76 bits per heavy atom. The molecule has 1 saturated carbocycles. The van der Waals surface area contributed by atoms with E-state index in [0.29, 0.717) is 48.7 Å². The molecule has 2 N–H and O–H groups in total. The zero-order chi connectivity index (χ0) is 24.1. The van der Waals surface area contributed by atoms with Gasteiger partial charge >= 0.3 is 0 Å². The number of hydrogen-bond acceptors (Lipinski definition) is 5. The number of amides is 2. The first-order chi connectivity index (χ1) is 16.5. The standard InChI is InChI=1S/C26H29ClN2O5/c1-32-22-8-6-16(13-23(22)33-2)10-11-28-25(30)18-7-9-21-20(15-18)29-26(31)24(34-21)14-17-4-3-5-19(27)12-17/h3-6,8,12-14,18,20-21H,7,9-11,15H2,1-2H3,(H,28,30)(H,29,31)/b24-14+. The van der Waals surface area contributed by atoms with Crippen LogP contribution in [-0.4, -0.2) is 44.7 Å². The minimum absolute atomic E-state index is 0.00782. The number of carbonyl (C=O) groups is 2. The third kappa shape index (κ3) is 5.65. The van der Waals surface area contributed by atoms with Gasteiger partial charge in [-0.3, -0.25) is 9.59 Å².